The first kappa shape index (κ1) is 36.5. The fourth-order valence-electron chi connectivity index (χ4n) is 5.90. The van der Waals surface area contributed by atoms with Crippen LogP contribution in [-0.2, 0) is 24.5 Å². The summed E-state index contributed by atoms with van der Waals surface area (Å²) in [4.78, 5) is 33.8. The highest BCUT2D eigenvalue weighted by Crippen LogP contribution is 2.31. The van der Waals surface area contributed by atoms with Crippen LogP contribution >= 0.6 is 0 Å². The first-order chi connectivity index (χ1) is 25.0. The Kier molecular flexibility index (Phi) is 13.1. The maximum absolute atomic E-state index is 14.1. The Morgan fingerprint density at radius 2 is 1.53 bits per heavy atom. The molecule has 1 atom stereocenters. The maximum atomic E-state index is 14.1. The number of ether oxygens (including phenoxy) is 4. The van der Waals surface area contributed by atoms with Crippen LogP contribution in [0.2, 0.25) is 0 Å². The van der Waals surface area contributed by atoms with Crippen molar-refractivity contribution in [2.24, 2.45) is 0 Å². The monoisotopic (exact) mass is 690 g/mol. The highest BCUT2D eigenvalue weighted by molar-refractivity contribution is 5.69. The molecule has 1 aromatic heterocycles. The number of carbonyl (C=O) groups is 1. The molecule has 1 fully saturated rings. The molecular formula is C41H46N4O6. The summed E-state index contributed by atoms with van der Waals surface area (Å²) < 4.78 is 24.6. The number of rotatable bonds is 12. The van der Waals surface area contributed by atoms with E-state index in [0.717, 1.165) is 28.7 Å². The lowest BCUT2D eigenvalue weighted by atomic mass is 10.1. The smallest absolute Gasteiger partial charge is 0.410 e. The minimum atomic E-state index is -0.402. The normalized spacial score (nSPS) is 13.7. The van der Waals surface area contributed by atoms with Crippen molar-refractivity contribution in [2.45, 2.75) is 52.5 Å². The molecule has 0 bridgehead atoms. The molecule has 0 saturated carbocycles. The van der Waals surface area contributed by atoms with E-state index in [2.05, 4.69) is 5.32 Å². The SMILES string of the molecule is CC.COc1ccc(CNc2nc(-c3ccccc3OCc3ccccc3)cn(C3CCCN(C(=O)OCc4ccccc4)C3)c2=O)c(OC)c1. The standard InChI is InChI=1S/C39H40N4O6.C2H6/c1-46-32-20-19-30(36(22-32)47-2)23-40-37-38(44)43(31-16-11-21-42(24-31)39(45)49-27-29-14-7-4-8-15-29)25-34(41-37)33-17-9-10-18-35(33)48-26-28-12-5-3-6-13-28;1-2/h3-10,12-15,17-20,22,25,31H,11,16,21,23-24,26-27H2,1-2H3,(H,40,41);1-2H3. The van der Waals surface area contributed by atoms with E-state index in [1.807, 2.05) is 111 Å². The van der Waals surface area contributed by atoms with Crippen molar-refractivity contribution >= 4 is 11.9 Å². The van der Waals surface area contributed by atoms with Crippen molar-refractivity contribution in [1.29, 1.82) is 0 Å². The molecule has 51 heavy (non-hydrogen) atoms. The molecular weight excluding hydrogens is 644 g/mol. The average Bonchev–Trinajstić information content (AvgIpc) is 3.20. The van der Waals surface area contributed by atoms with Gasteiger partial charge in [-0.1, -0.05) is 86.6 Å². The van der Waals surface area contributed by atoms with Crippen molar-refractivity contribution < 1.29 is 23.7 Å². The number of hydrogen-bond acceptors (Lipinski definition) is 8. The van der Waals surface area contributed by atoms with Gasteiger partial charge in [0.2, 0.25) is 0 Å². The van der Waals surface area contributed by atoms with Crippen LogP contribution in [0, 0.1) is 0 Å². The molecule has 1 aliphatic rings. The largest absolute Gasteiger partial charge is 0.497 e. The van der Waals surface area contributed by atoms with Crippen LogP contribution in [0.1, 0.15) is 49.4 Å². The van der Waals surface area contributed by atoms with Gasteiger partial charge in [0, 0.05) is 43.0 Å². The van der Waals surface area contributed by atoms with Gasteiger partial charge >= 0.3 is 6.09 Å². The number of carbonyl (C=O) groups excluding carboxylic acids is 1. The third-order valence-electron chi connectivity index (χ3n) is 8.52. The fourth-order valence-corrected chi connectivity index (χ4v) is 5.90. The number of methoxy groups -OCH3 is 2. The van der Waals surface area contributed by atoms with E-state index in [1.165, 1.54) is 0 Å². The summed E-state index contributed by atoms with van der Waals surface area (Å²) in [5, 5.41) is 3.27. The Balaban J connectivity index is 0.00000248. The number of nitrogens with one attached hydrogen (secondary N) is 1. The molecule has 0 radical (unpaired) electrons. The highest BCUT2D eigenvalue weighted by Gasteiger charge is 2.28. The van der Waals surface area contributed by atoms with E-state index < -0.39 is 6.09 Å². The molecule has 1 amide bonds. The molecule has 1 N–H and O–H groups in total. The summed E-state index contributed by atoms with van der Waals surface area (Å²) in [6.45, 7) is 5.73. The Morgan fingerprint density at radius 3 is 2.24 bits per heavy atom. The average molecular weight is 691 g/mol. The quantitative estimate of drug-likeness (QED) is 0.140. The first-order valence-electron chi connectivity index (χ1n) is 17.3. The maximum Gasteiger partial charge on any atom is 0.410 e. The molecule has 10 heteroatoms. The summed E-state index contributed by atoms with van der Waals surface area (Å²) in [7, 11) is 3.19. The van der Waals surface area contributed by atoms with E-state index in [0.29, 0.717) is 49.1 Å². The number of piperidine rings is 1. The zero-order valence-corrected chi connectivity index (χ0v) is 29.7. The minimum Gasteiger partial charge on any atom is -0.497 e. The Morgan fingerprint density at radius 1 is 0.843 bits per heavy atom. The van der Waals surface area contributed by atoms with Gasteiger partial charge in [0.15, 0.2) is 5.82 Å². The van der Waals surface area contributed by atoms with E-state index in [1.54, 1.807) is 35.9 Å². The summed E-state index contributed by atoms with van der Waals surface area (Å²) in [6.07, 6.45) is 2.80. The molecule has 5 aromatic rings. The number of amides is 1. The van der Waals surface area contributed by atoms with Crippen molar-refractivity contribution in [2.75, 3.05) is 32.6 Å². The highest BCUT2D eigenvalue weighted by atomic mass is 16.6. The number of benzene rings is 4. The van der Waals surface area contributed by atoms with Crippen LogP contribution in [0.4, 0.5) is 10.6 Å². The van der Waals surface area contributed by atoms with Crippen LogP contribution in [-0.4, -0.2) is 47.9 Å². The minimum absolute atomic E-state index is 0.178. The van der Waals surface area contributed by atoms with Gasteiger partial charge in [-0.3, -0.25) is 4.79 Å². The van der Waals surface area contributed by atoms with Crippen molar-refractivity contribution in [3.05, 3.63) is 136 Å². The molecule has 266 valence electrons. The Hall–Kier alpha value is -5.77. The second-order valence-electron chi connectivity index (χ2n) is 11.8. The zero-order chi connectivity index (χ0) is 36.0. The zero-order valence-electron chi connectivity index (χ0n) is 29.7. The number of nitrogens with zero attached hydrogens (tertiary/aromatic N) is 3. The topological polar surface area (TPSA) is 104 Å². The lowest BCUT2D eigenvalue weighted by Gasteiger charge is -2.33. The van der Waals surface area contributed by atoms with Gasteiger partial charge in [-0.2, -0.15) is 0 Å². The van der Waals surface area contributed by atoms with Crippen molar-refractivity contribution in [3.63, 3.8) is 0 Å². The summed E-state index contributed by atoms with van der Waals surface area (Å²) in [5.41, 5.74) is 3.80. The summed E-state index contributed by atoms with van der Waals surface area (Å²) in [5.74, 6) is 2.11. The fraction of sp³-hybridized carbons (Fsp3) is 0.293. The van der Waals surface area contributed by atoms with E-state index in [9.17, 15) is 9.59 Å². The number of hydrogen-bond donors (Lipinski definition) is 1. The molecule has 10 nitrogen and oxygen atoms in total. The summed E-state index contributed by atoms with van der Waals surface area (Å²) >= 11 is 0. The molecule has 1 unspecified atom stereocenters. The lowest BCUT2D eigenvalue weighted by Crippen LogP contribution is -2.43. The van der Waals surface area contributed by atoms with E-state index in [4.69, 9.17) is 23.9 Å². The first-order valence-corrected chi connectivity index (χ1v) is 17.3. The van der Waals surface area contributed by atoms with Gasteiger partial charge in [-0.25, -0.2) is 9.78 Å². The van der Waals surface area contributed by atoms with Gasteiger partial charge in [0.25, 0.3) is 5.56 Å². The Labute approximate surface area is 299 Å². The van der Waals surface area contributed by atoms with Crippen molar-refractivity contribution in [3.8, 4) is 28.5 Å². The molecule has 1 saturated heterocycles. The molecule has 4 aromatic carbocycles. The van der Waals surface area contributed by atoms with Crippen LogP contribution < -0.4 is 25.1 Å². The van der Waals surface area contributed by atoms with Crippen LogP contribution in [0.3, 0.4) is 0 Å². The Bertz CT molecular complexity index is 1920. The van der Waals surface area contributed by atoms with Gasteiger partial charge in [0.05, 0.1) is 26.0 Å². The third-order valence-corrected chi connectivity index (χ3v) is 8.52. The number of anilines is 1. The van der Waals surface area contributed by atoms with Crippen LogP contribution in [0.15, 0.2) is 114 Å². The van der Waals surface area contributed by atoms with E-state index in [-0.39, 0.29) is 30.6 Å². The second-order valence-corrected chi connectivity index (χ2v) is 11.8. The molecule has 0 aliphatic carbocycles. The van der Waals surface area contributed by atoms with Gasteiger partial charge in [-0.05, 0) is 48.2 Å². The predicted octanol–water partition coefficient (Wildman–Crippen LogP) is 8.12. The number of para-hydroxylation sites is 1. The van der Waals surface area contributed by atoms with Crippen molar-refractivity contribution in [1.82, 2.24) is 14.5 Å². The van der Waals surface area contributed by atoms with Crippen LogP contribution in [0.25, 0.3) is 11.3 Å². The number of aromatic nitrogens is 2. The third kappa shape index (κ3) is 9.48. The van der Waals surface area contributed by atoms with Gasteiger partial charge in [-0.15, -0.1) is 0 Å². The molecule has 6 rings (SSSR count). The van der Waals surface area contributed by atoms with Gasteiger partial charge < -0.3 is 33.7 Å². The van der Waals surface area contributed by atoms with Gasteiger partial charge in [0.1, 0.15) is 30.5 Å². The predicted molar refractivity (Wildman–Crippen MR) is 199 cm³/mol. The lowest BCUT2D eigenvalue weighted by molar-refractivity contribution is 0.0798. The van der Waals surface area contributed by atoms with Crippen LogP contribution in [0.5, 0.6) is 17.2 Å². The molecule has 1 aliphatic heterocycles. The number of likely N-dealkylation sites (tertiary alicyclic amines) is 1. The summed E-state index contributed by atoms with van der Waals surface area (Å²) in [6, 6.07) is 32.4. The van der Waals surface area contributed by atoms with E-state index >= 15 is 0 Å². The second kappa shape index (κ2) is 18.3. The molecule has 0 spiro atoms. The molecule has 2 heterocycles.